The van der Waals surface area contributed by atoms with E-state index < -0.39 is 5.25 Å². The van der Waals surface area contributed by atoms with Crippen LogP contribution >= 0.6 is 27.7 Å². The highest BCUT2D eigenvalue weighted by atomic mass is 79.9. The van der Waals surface area contributed by atoms with Crippen molar-refractivity contribution >= 4 is 39.3 Å². The minimum Gasteiger partial charge on any atom is -0.496 e. The molecule has 0 fully saturated rings. The van der Waals surface area contributed by atoms with Crippen molar-refractivity contribution in [2.45, 2.75) is 37.2 Å². The number of nitrogens with zero attached hydrogens (tertiary/aromatic N) is 3. The number of amides is 1. The predicted molar refractivity (Wildman–Crippen MR) is 122 cm³/mol. The molecular weight excluding hydrogens is 466 g/mol. The Morgan fingerprint density at radius 2 is 2.03 bits per heavy atom. The van der Waals surface area contributed by atoms with Gasteiger partial charge in [-0.15, -0.1) is 10.2 Å². The number of thioether (sulfide) groups is 1. The molecule has 2 atom stereocenters. The molecular formula is C21H22BrN5O2S. The van der Waals surface area contributed by atoms with Crippen molar-refractivity contribution in [1.82, 2.24) is 14.9 Å². The summed E-state index contributed by atoms with van der Waals surface area (Å²) in [7, 11) is 1.63. The molecule has 0 saturated heterocycles. The highest BCUT2D eigenvalue weighted by Gasteiger charge is 2.37. The Morgan fingerprint density at radius 1 is 1.23 bits per heavy atom. The predicted octanol–water partition coefficient (Wildman–Crippen LogP) is 4.37. The molecule has 2 N–H and O–H groups in total. The quantitative estimate of drug-likeness (QED) is 0.568. The van der Waals surface area contributed by atoms with Gasteiger partial charge < -0.3 is 15.5 Å². The molecule has 9 heteroatoms. The molecule has 0 aliphatic carbocycles. The number of ether oxygens (including phenoxy) is 1. The fraction of sp³-hybridized carbons (Fsp3) is 0.286. The highest BCUT2D eigenvalue weighted by molar-refractivity contribution is 9.10. The van der Waals surface area contributed by atoms with Gasteiger partial charge in [-0.05, 0) is 71.6 Å². The SMILES string of the molecule is COc1ccc([C@@H]2Nn3c(C)nnc3S[C@H]2C(=O)Nc2cccc(C)c2C)cc1Br. The molecule has 0 saturated carbocycles. The Balaban J connectivity index is 1.70. The Morgan fingerprint density at radius 3 is 2.77 bits per heavy atom. The largest absolute Gasteiger partial charge is 0.496 e. The van der Waals surface area contributed by atoms with Crippen LogP contribution in [0.4, 0.5) is 5.69 Å². The minimum atomic E-state index is -0.443. The fourth-order valence-corrected chi connectivity index (χ4v) is 5.06. The van der Waals surface area contributed by atoms with Gasteiger partial charge in [0, 0.05) is 5.69 Å². The Hall–Kier alpha value is -2.52. The molecule has 30 heavy (non-hydrogen) atoms. The number of rotatable bonds is 4. The molecule has 2 aromatic carbocycles. The average molecular weight is 488 g/mol. The molecule has 1 aromatic heterocycles. The monoisotopic (exact) mass is 487 g/mol. The maximum Gasteiger partial charge on any atom is 0.240 e. The van der Waals surface area contributed by atoms with Gasteiger partial charge in [-0.2, -0.15) is 0 Å². The van der Waals surface area contributed by atoms with Crippen molar-refractivity contribution in [3.05, 3.63) is 63.4 Å². The molecule has 1 amide bonds. The number of nitrogens with one attached hydrogen (secondary N) is 2. The number of anilines is 1. The van der Waals surface area contributed by atoms with E-state index in [9.17, 15) is 4.79 Å². The van der Waals surface area contributed by atoms with Crippen LogP contribution in [0.3, 0.4) is 0 Å². The summed E-state index contributed by atoms with van der Waals surface area (Å²) in [5, 5.41) is 11.7. The van der Waals surface area contributed by atoms with E-state index in [2.05, 4.69) is 36.9 Å². The van der Waals surface area contributed by atoms with E-state index in [1.54, 1.807) is 7.11 Å². The summed E-state index contributed by atoms with van der Waals surface area (Å²) in [5.41, 5.74) is 7.38. The van der Waals surface area contributed by atoms with Crippen LogP contribution < -0.4 is 15.5 Å². The van der Waals surface area contributed by atoms with Gasteiger partial charge in [0.15, 0.2) is 0 Å². The number of halogens is 1. The van der Waals surface area contributed by atoms with Gasteiger partial charge in [0.2, 0.25) is 11.1 Å². The summed E-state index contributed by atoms with van der Waals surface area (Å²) in [6.07, 6.45) is 0. The third-order valence-electron chi connectivity index (χ3n) is 5.25. The summed E-state index contributed by atoms with van der Waals surface area (Å²) in [6, 6.07) is 11.4. The molecule has 4 rings (SSSR count). The topological polar surface area (TPSA) is 81.1 Å². The molecule has 0 spiro atoms. The van der Waals surface area contributed by atoms with Crippen molar-refractivity contribution in [2.24, 2.45) is 0 Å². The van der Waals surface area contributed by atoms with E-state index in [-0.39, 0.29) is 11.9 Å². The van der Waals surface area contributed by atoms with E-state index in [1.807, 2.05) is 61.8 Å². The summed E-state index contributed by atoms with van der Waals surface area (Å²) >= 11 is 4.95. The van der Waals surface area contributed by atoms with Gasteiger partial charge in [0.25, 0.3) is 0 Å². The first kappa shape index (κ1) is 20.7. The minimum absolute atomic E-state index is 0.0926. The number of fused-ring (bicyclic) bond motifs is 1. The number of methoxy groups -OCH3 is 1. The van der Waals surface area contributed by atoms with Gasteiger partial charge in [0.05, 0.1) is 17.6 Å². The van der Waals surface area contributed by atoms with Crippen LogP contribution in [0, 0.1) is 20.8 Å². The third-order valence-corrected chi connectivity index (χ3v) is 7.09. The number of carbonyl (C=O) groups is 1. The molecule has 1 aliphatic rings. The fourth-order valence-electron chi connectivity index (χ4n) is 3.38. The lowest BCUT2D eigenvalue weighted by Gasteiger charge is -2.33. The van der Waals surface area contributed by atoms with Crippen molar-refractivity contribution < 1.29 is 9.53 Å². The van der Waals surface area contributed by atoms with Gasteiger partial charge in [-0.3, -0.25) is 4.79 Å². The normalized spacial score (nSPS) is 17.8. The van der Waals surface area contributed by atoms with E-state index in [0.717, 1.165) is 38.4 Å². The van der Waals surface area contributed by atoms with Crippen LogP contribution in [-0.2, 0) is 4.79 Å². The van der Waals surface area contributed by atoms with Crippen molar-refractivity contribution in [2.75, 3.05) is 17.9 Å². The smallest absolute Gasteiger partial charge is 0.240 e. The maximum atomic E-state index is 13.4. The molecule has 156 valence electrons. The summed E-state index contributed by atoms with van der Waals surface area (Å²) in [4.78, 5) is 13.4. The molecule has 3 aromatic rings. The Kier molecular flexibility index (Phi) is 5.75. The first-order valence-corrected chi connectivity index (χ1v) is 11.1. The number of aryl methyl sites for hydroxylation is 2. The van der Waals surface area contributed by atoms with Crippen LogP contribution in [0.5, 0.6) is 5.75 Å². The number of benzene rings is 2. The lowest BCUT2D eigenvalue weighted by molar-refractivity contribution is -0.116. The van der Waals surface area contributed by atoms with E-state index in [1.165, 1.54) is 11.8 Å². The summed E-state index contributed by atoms with van der Waals surface area (Å²) < 4.78 is 8.01. The summed E-state index contributed by atoms with van der Waals surface area (Å²) in [6.45, 7) is 5.92. The van der Waals surface area contributed by atoms with Crippen molar-refractivity contribution in [3.8, 4) is 5.75 Å². The first-order chi connectivity index (χ1) is 14.4. The lowest BCUT2D eigenvalue weighted by Crippen LogP contribution is -2.41. The number of hydrogen-bond acceptors (Lipinski definition) is 6. The van der Waals surface area contributed by atoms with Crippen LogP contribution in [-0.4, -0.2) is 33.1 Å². The van der Waals surface area contributed by atoms with Gasteiger partial charge in [0.1, 0.15) is 16.8 Å². The van der Waals surface area contributed by atoms with Crippen LogP contribution in [0.2, 0.25) is 0 Å². The Labute approximate surface area is 187 Å². The second kappa shape index (κ2) is 8.31. The van der Waals surface area contributed by atoms with E-state index >= 15 is 0 Å². The third kappa shape index (κ3) is 3.79. The van der Waals surface area contributed by atoms with Crippen molar-refractivity contribution in [3.63, 3.8) is 0 Å². The second-order valence-electron chi connectivity index (χ2n) is 7.14. The van der Waals surface area contributed by atoms with Gasteiger partial charge in [-0.25, -0.2) is 4.68 Å². The number of hydrogen-bond donors (Lipinski definition) is 2. The molecule has 2 heterocycles. The van der Waals surface area contributed by atoms with Gasteiger partial charge >= 0.3 is 0 Å². The second-order valence-corrected chi connectivity index (χ2v) is 9.10. The molecule has 0 radical (unpaired) electrons. The molecule has 7 nitrogen and oxygen atoms in total. The van der Waals surface area contributed by atoms with E-state index in [0.29, 0.717) is 5.16 Å². The zero-order chi connectivity index (χ0) is 21.4. The zero-order valence-electron chi connectivity index (χ0n) is 17.1. The average Bonchev–Trinajstić information content (AvgIpc) is 3.10. The zero-order valence-corrected chi connectivity index (χ0v) is 19.5. The summed E-state index contributed by atoms with van der Waals surface area (Å²) in [5.74, 6) is 1.38. The van der Waals surface area contributed by atoms with E-state index in [4.69, 9.17) is 4.74 Å². The molecule has 0 bridgehead atoms. The lowest BCUT2D eigenvalue weighted by atomic mass is 10.0. The van der Waals surface area contributed by atoms with Crippen molar-refractivity contribution in [1.29, 1.82) is 0 Å². The van der Waals surface area contributed by atoms with Gasteiger partial charge in [-0.1, -0.05) is 30.0 Å². The van der Waals surface area contributed by atoms with Crippen LogP contribution in [0.15, 0.2) is 46.0 Å². The number of carbonyl (C=O) groups excluding carboxylic acids is 1. The Bertz CT molecular complexity index is 1120. The van der Waals surface area contributed by atoms with Crippen LogP contribution in [0.25, 0.3) is 0 Å². The molecule has 1 aliphatic heterocycles. The number of aromatic nitrogens is 3. The van der Waals surface area contributed by atoms with Crippen LogP contribution in [0.1, 0.15) is 28.6 Å². The molecule has 0 unspecified atom stereocenters. The first-order valence-electron chi connectivity index (χ1n) is 9.44. The standard InChI is InChI=1S/C21H22BrN5O2S/c1-11-6-5-7-16(12(11)2)23-20(28)19-18(14-8-9-17(29-4)15(22)10-14)26-27-13(3)24-25-21(27)30-19/h5-10,18-19,26H,1-4H3,(H,23,28)/t18-,19+/m0/s1. The highest BCUT2D eigenvalue weighted by Crippen LogP contribution is 2.39. The maximum absolute atomic E-state index is 13.4.